The van der Waals surface area contributed by atoms with E-state index in [0.717, 1.165) is 0 Å². The quantitative estimate of drug-likeness (QED) is 0.0292. The highest BCUT2D eigenvalue weighted by atomic mass is 33.9. The minimum absolute atomic E-state index is 0.00918. The van der Waals surface area contributed by atoms with Gasteiger partial charge in [0.2, 0.25) is 0 Å². The van der Waals surface area contributed by atoms with E-state index < -0.39 is 0 Å². The fourth-order valence-corrected chi connectivity index (χ4v) is 34.0. The van der Waals surface area contributed by atoms with Crippen molar-refractivity contribution in [1.82, 2.24) is 0 Å². The van der Waals surface area contributed by atoms with Crippen molar-refractivity contribution in [2.24, 2.45) is 0 Å². The number of benzene rings is 6. The van der Waals surface area contributed by atoms with E-state index in [9.17, 15) is 0 Å². The summed E-state index contributed by atoms with van der Waals surface area (Å²) in [5, 5.41) is 0. The van der Waals surface area contributed by atoms with Crippen LogP contribution in [0.4, 0.5) is 0 Å². The first-order valence-corrected chi connectivity index (χ1v) is 32.1. The highest BCUT2D eigenvalue weighted by molar-refractivity contribution is 9.42. The summed E-state index contributed by atoms with van der Waals surface area (Å²) in [6.07, 6.45) is 0. The van der Waals surface area contributed by atoms with Crippen molar-refractivity contribution in [2.45, 2.75) is 45.3 Å². The van der Waals surface area contributed by atoms with Crippen LogP contribution in [0.15, 0.2) is 182 Å². The molecule has 0 bridgehead atoms. The molecule has 0 heterocycles. The van der Waals surface area contributed by atoms with Crippen LogP contribution >= 0.6 is 124 Å². The molecule has 0 N–H and O–H groups in total. The maximum absolute atomic E-state index is 2.33. The molecule has 12 heteroatoms. The third-order valence-corrected chi connectivity index (χ3v) is 32.7. The van der Waals surface area contributed by atoms with E-state index in [2.05, 4.69) is 210 Å². The number of hydrogen-bond acceptors (Lipinski definition) is 12. The van der Waals surface area contributed by atoms with Crippen LogP contribution in [0.1, 0.15) is 61.1 Å². The van der Waals surface area contributed by atoms with Crippen molar-refractivity contribution in [3.8, 4) is 0 Å². The van der Waals surface area contributed by atoms with Gasteiger partial charge in [-0.25, -0.2) is 0 Å². The SMILES string of the molecule is CC(C)(SSSSSSC(C)(C)SSSC(c1ccccc1)(c1ccccc1)c1ccccc1)SSSC(c1ccccc1)(c1ccccc1)c1ccccc1. The van der Waals surface area contributed by atoms with Gasteiger partial charge in [0.15, 0.2) is 0 Å². The molecule has 0 fully saturated rings. The molecule has 0 spiro atoms. The molecule has 290 valence electrons. The lowest BCUT2D eigenvalue weighted by Gasteiger charge is -2.35. The van der Waals surface area contributed by atoms with Crippen LogP contribution in [-0.2, 0) is 9.49 Å². The summed E-state index contributed by atoms with van der Waals surface area (Å²) in [5.41, 5.74) is 7.74. The molecule has 6 rings (SSSR count). The molecule has 0 atom stereocenters. The molecule has 0 aromatic heterocycles. The van der Waals surface area contributed by atoms with Gasteiger partial charge in [0, 0.05) is 0 Å². The van der Waals surface area contributed by atoms with Crippen molar-refractivity contribution in [3.05, 3.63) is 215 Å². The van der Waals surface area contributed by atoms with Crippen molar-refractivity contribution in [2.75, 3.05) is 0 Å². The highest BCUT2D eigenvalue weighted by Crippen LogP contribution is 2.66. The summed E-state index contributed by atoms with van der Waals surface area (Å²) >= 11 is 0. The first kappa shape index (κ1) is 45.1. The Balaban J connectivity index is 1.00. The second-order valence-corrected chi connectivity index (χ2v) is 33.7. The van der Waals surface area contributed by atoms with E-state index in [1.807, 2.05) is 124 Å². The van der Waals surface area contributed by atoms with E-state index in [4.69, 9.17) is 0 Å². The fraction of sp³-hybridized carbons (Fsp3) is 0.182. The largest absolute Gasteiger partial charge is 0.102 e. The van der Waals surface area contributed by atoms with Gasteiger partial charge in [-0.2, -0.15) is 0 Å². The maximum atomic E-state index is 2.33. The Hall–Kier alpha value is -0.480. The Bertz CT molecular complexity index is 1660. The molecular formula is C44H42S12. The van der Waals surface area contributed by atoms with E-state index in [-0.39, 0.29) is 17.7 Å². The third kappa shape index (κ3) is 12.1. The monoisotopic (exact) mass is 954 g/mol. The summed E-state index contributed by atoms with van der Waals surface area (Å²) in [4.78, 5) is 0. The van der Waals surface area contributed by atoms with Gasteiger partial charge in [0.25, 0.3) is 0 Å². The number of hydrogen-bond donors (Lipinski definition) is 0. The van der Waals surface area contributed by atoms with Gasteiger partial charge >= 0.3 is 0 Å². The zero-order valence-corrected chi connectivity index (χ0v) is 41.0. The molecule has 0 aliphatic rings. The topological polar surface area (TPSA) is 0 Å². The van der Waals surface area contributed by atoms with E-state index in [1.54, 1.807) is 0 Å². The highest BCUT2D eigenvalue weighted by Gasteiger charge is 2.40. The van der Waals surface area contributed by atoms with E-state index in [0.29, 0.717) is 0 Å². The predicted molar refractivity (Wildman–Crippen MR) is 278 cm³/mol. The van der Waals surface area contributed by atoms with Crippen molar-refractivity contribution < 1.29 is 0 Å². The molecule has 56 heavy (non-hydrogen) atoms. The second-order valence-electron chi connectivity index (χ2n) is 13.3. The van der Waals surface area contributed by atoms with Gasteiger partial charge < -0.3 is 0 Å². The minimum atomic E-state index is -0.332. The molecule has 0 unspecified atom stereocenters. The Morgan fingerprint density at radius 2 is 0.429 bits per heavy atom. The molecule has 0 radical (unpaired) electrons. The Labute approximate surface area is 380 Å². The van der Waals surface area contributed by atoms with Crippen molar-refractivity contribution >= 4 is 124 Å². The molecule has 0 saturated carbocycles. The van der Waals surface area contributed by atoms with E-state index >= 15 is 0 Å². The van der Waals surface area contributed by atoms with Gasteiger partial charge in [0.05, 0.1) is 8.16 Å². The predicted octanol–water partition coefficient (Wildman–Crippen LogP) is 18.5. The fourth-order valence-electron chi connectivity index (χ4n) is 5.87. The van der Waals surface area contributed by atoms with Gasteiger partial charge in [-0.05, 0) is 120 Å². The summed E-state index contributed by atoms with van der Waals surface area (Å²) in [6.45, 7) is 9.33. The number of rotatable bonds is 21. The van der Waals surface area contributed by atoms with Crippen LogP contribution in [0.3, 0.4) is 0 Å². The molecular weight excluding hydrogens is 913 g/mol. The van der Waals surface area contributed by atoms with Gasteiger partial charge in [-0.3, -0.25) is 0 Å². The molecule has 0 aliphatic carbocycles. The summed E-state index contributed by atoms with van der Waals surface area (Å²) in [6, 6.07) is 65.7. The van der Waals surface area contributed by atoms with Gasteiger partial charge in [0.1, 0.15) is 9.49 Å². The smallest absolute Gasteiger partial charge is 0.0643 e. The maximum Gasteiger partial charge on any atom is 0.102 e. The first-order chi connectivity index (χ1) is 27.3. The Kier molecular flexibility index (Phi) is 18.0. The van der Waals surface area contributed by atoms with Crippen molar-refractivity contribution in [3.63, 3.8) is 0 Å². The standard InChI is InChI=1S/C44H42S12/c1-41(2,45-51-49-43(35-23-11-5-12-24-35,36-25-13-6-14-26-36)37-27-15-7-16-28-37)47-53-55-56-54-48-42(3,4)46-52-50-44(38-29-17-8-18-30-38,39-31-19-9-20-32-39)40-33-21-10-22-34-40/h5-34H,1-4H3. The van der Waals surface area contributed by atoms with Crippen LogP contribution < -0.4 is 0 Å². The molecule has 6 aromatic rings. The summed E-state index contributed by atoms with van der Waals surface area (Å²) in [5.74, 6) is 0. The van der Waals surface area contributed by atoms with Crippen LogP contribution in [0.2, 0.25) is 0 Å². The van der Waals surface area contributed by atoms with Crippen LogP contribution in [0.5, 0.6) is 0 Å². The normalized spacial score (nSPS) is 12.4. The lowest BCUT2D eigenvalue weighted by atomic mass is 9.84. The molecule has 0 amide bonds. The first-order valence-electron chi connectivity index (χ1n) is 17.7. The third-order valence-electron chi connectivity index (χ3n) is 8.42. The molecule has 0 nitrogen and oxygen atoms in total. The Morgan fingerprint density at radius 1 is 0.232 bits per heavy atom. The summed E-state index contributed by atoms with van der Waals surface area (Å²) < 4.78 is -0.645. The van der Waals surface area contributed by atoms with Crippen LogP contribution in [-0.4, -0.2) is 8.16 Å². The van der Waals surface area contributed by atoms with Crippen molar-refractivity contribution in [1.29, 1.82) is 0 Å². The second kappa shape index (κ2) is 22.4. The zero-order chi connectivity index (χ0) is 39.2. The average molecular weight is 956 g/mol. The lowest BCUT2D eigenvalue weighted by molar-refractivity contribution is 0.903. The van der Waals surface area contributed by atoms with Gasteiger partial charge in [-0.1, -0.05) is 247 Å². The molecule has 0 aliphatic heterocycles. The van der Waals surface area contributed by atoms with Gasteiger partial charge in [-0.15, -0.1) is 0 Å². The summed E-state index contributed by atoms with van der Waals surface area (Å²) in [7, 11) is 22.9. The lowest BCUT2D eigenvalue weighted by Crippen LogP contribution is -2.24. The minimum Gasteiger partial charge on any atom is -0.0643 e. The van der Waals surface area contributed by atoms with Crippen LogP contribution in [0.25, 0.3) is 0 Å². The van der Waals surface area contributed by atoms with Crippen LogP contribution in [0, 0.1) is 0 Å². The molecule has 0 saturated heterocycles. The average Bonchev–Trinajstić information content (AvgIpc) is 3.24. The Morgan fingerprint density at radius 3 is 0.643 bits per heavy atom. The zero-order valence-electron chi connectivity index (χ0n) is 31.2. The van der Waals surface area contributed by atoms with E-state index in [1.165, 1.54) is 33.4 Å². The molecule has 6 aromatic carbocycles.